The number of phenols is 1. The third-order valence-corrected chi connectivity index (χ3v) is 6.85. The summed E-state index contributed by atoms with van der Waals surface area (Å²) in [7, 11) is 0. The summed E-state index contributed by atoms with van der Waals surface area (Å²) < 4.78 is 11.1. The minimum absolute atomic E-state index is 0.154. The zero-order valence-corrected chi connectivity index (χ0v) is 27.0. The molecule has 240 valence electrons. The Labute approximate surface area is 260 Å². The van der Waals surface area contributed by atoms with Gasteiger partial charge in [0, 0.05) is 18.0 Å². The summed E-state index contributed by atoms with van der Waals surface area (Å²) in [5.74, 6) is -2.30. The number of hydrogen-bond donors (Lipinski definition) is 3. The molecule has 3 unspecified atom stereocenters. The van der Waals surface area contributed by atoms with Gasteiger partial charge in [0.25, 0.3) is 0 Å². The van der Waals surface area contributed by atoms with Gasteiger partial charge in [0.05, 0.1) is 0 Å². The fourth-order valence-corrected chi connectivity index (χ4v) is 4.78. The highest BCUT2D eigenvalue weighted by Crippen LogP contribution is 2.38. The third kappa shape index (κ3) is 9.99. The molecule has 10 nitrogen and oxygen atoms in total. The van der Waals surface area contributed by atoms with Crippen molar-refractivity contribution in [2.75, 3.05) is 0 Å². The average Bonchev–Trinajstić information content (AvgIpc) is 3.74. The van der Waals surface area contributed by atoms with E-state index in [-0.39, 0.29) is 29.7 Å². The molecule has 0 bridgehead atoms. The van der Waals surface area contributed by atoms with Gasteiger partial charge in [0.1, 0.15) is 35.1 Å². The number of aromatic hydroxyl groups is 1. The van der Waals surface area contributed by atoms with Crippen LogP contribution in [0.2, 0.25) is 0 Å². The summed E-state index contributed by atoms with van der Waals surface area (Å²) >= 11 is 0. The van der Waals surface area contributed by atoms with Crippen molar-refractivity contribution in [1.82, 2.24) is 15.5 Å². The molecule has 3 amide bonds. The van der Waals surface area contributed by atoms with E-state index in [1.165, 1.54) is 11.0 Å². The van der Waals surface area contributed by atoms with Gasteiger partial charge in [0.15, 0.2) is 0 Å². The lowest BCUT2D eigenvalue weighted by Gasteiger charge is -2.36. The van der Waals surface area contributed by atoms with Crippen molar-refractivity contribution in [2.45, 2.75) is 110 Å². The zero-order valence-electron chi connectivity index (χ0n) is 27.0. The molecule has 0 saturated heterocycles. The predicted octanol–water partition coefficient (Wildman–Crippen LogP) is 5.04. The summed E-state index contributed by atoms with van der Waals surface area (Å²) in [6, 6.07) is 11.8. The van der Waals surface area contributed by atoms with Crippen molar-refractivity contribution in [3.8, 4) is 5.75 Å². The van der Waals surface area contributed by atoms with E-state index in [2.05, 4.69) is 10.6 Å². The third-order valence-electron chi connectivity index (χ3n) is 6.85. The molecule has 0 radical (unpaired) electrons. The van der Waals surface area contributed by atoms with Crippen LogP contribution >= 0.6 is 0 Å². The van der Waals surface area contributed by atoms with Gasteiger partial charge >= 0.3 is 12.1 Å². The van der Waals surface area contributed by atoms with E-state index in [1.807, 2.05) is 30.3 Å². The molecular weight excluding hydrogens is 562 g/mol. The Morgan fingerprint density at radius 3 is 1.95 bits per heavy atom. The lowest BCUT2D eigenvalue weighted by molar-refractivity contribution is -0.159. The van der Waals surface area contributed by atoms with Gasteiger partial charge in [-0.25, -0.2) is 9.59 Å². The van der Waals surface area contributed by atoms with Gasteiger partial charge in [-0.3, -0.25) is 9.59 Å². The first-order chi connectivity index (χ1) is 20.5. The van der Waals surface area contributed by atoms with Crippen molar-refractivity contribution < 1.29 is 33.8 Å². The highest BCUT2D eigenvalue weighted by atomic mass is 16.6. The largest absolute Gasteiger partial charge is 0.508 e. The molecule has 3 atom stereocenters. The maximum Gasteiger partial charge on any atom is 0.408 e. The van der Waals surface area contributed by atoms with Gasteiger partial charge in [-0.15, -0.1) is 0 Å². The second kappa shape index (κ2) is 14.1. The Morgan fingerprint density at radius 2 is 1.43 bits per heavy atom. The smallest absolute Gasteiger partial charge is 0.408 e. The zero-order chi connectivity index (χ0) is 32.8. The van der Waals surface area contributed by atoms with Crippen molar-refractivity contribution >= 4 is 23.9 Å². The van der Waals surface area contributed by atoms with Crippen LogP contribution in [0.4, 0.5) is 4.79 Å². The number of alkyl carbamates (subject to hydrolysis) is 1. The highest BCUT2D eigenvalue weighted by molar-refractivity contribution is 5.94. The first-order valence-corrected chi connectivity index (χ1v) is 15.1. The van der Waals surface area contributed by atoms with Gasteiger partial charge in [-0.05, 0) is 71.9 Å². The van der Waals surface area contributed by atoms with Crippen molar-refractivity contribution in [3.05, 3.63) is 65.7 Å². The molecule has 0 heterocycles. The van der Waals surface area contributed by atoms with Crippen LogP contribution in [0.1, 0.15) is 85.4 Å². The Bertz CT molecular complexity index is 1310. The molecule has 0 aliphatic heterocycles. The fourth-order valence-electron chi connectivity index (χ4n) is 4.78. The first kappa shape index (κ1) is 34.4. The average molecular weight is 610 g/mol. The molecule has 1 fully saturated rings. The summed E-state index contributed by atoms with van der Waals surface area (Å²) in [5.41, 5.74) is -0.577. The number of nitrogens with one attached hydrogen (secondary N) is 2. The number of nitrogens with zero attached hydrogens (tertiary/aromatic N) is 1. The van der Waals surface area contributed by atoms with E-state index >= 15 is 0 Å². The lowest BCUT2D eigenvalue weighted by Crippen LogP contribution is -2.56. The number of ether oxygens (including phenoxy) is 2. The minimum atomic E-state index is -1.29. The molecular formula is C34H47N3O7. The number of carbonyl (C=O) groups is 4. The second-order valence-electron chi connectivity index (χ2n) is 13.6. The number of para-hydroxylation sites is 1. The Morgan fingerprint density at radius 1 is 0.864 bits per heavy atom. The number of benzene rings is 2. The Hall–Kier alpha value is -4.08. The summed E-state index contributed by atoms with van der Waals surface area (Å²) in [5, 5.41) is 16.4. The maximum atomic E-state index is 14.3. The van der Waals surface area contributed by atoms with Crippen LogP contribution in [0, 0.1) is 5.92 Å². The van der Waals surface area contributed by atoms with Crippen LogP contribution < -0.4 is 10.6 Å². The molecule has 44 heavy (non-hydrogen) atoms. The van der Waals surface area contributed by atoms with Crippen LogP contribution in [0.25, 0.3) is 0 Å². The van der Waals surface area contributed by atoms with Crippen LogP contribution in [-0.4, -0.2) is 63.2 Å². The van der Waals surface area contributed by atoms with Crippen LogP contribution in [0.15, 0.2) is 54.6 Å². The van der Waals surface area contributed by atoms with E-state index in [9.17, 15) is 24.3 Å². The van der Waals surface area contributed by atoms with Gasteiger partial charge in [0.2, 0.25) is 11.8 Å². The molecule has 0 aromatic heterocycles. The Kier molecular flexibility index (Phi) is 11.1. The number of phenolic OH excluding ortho intramolecular Hbond substituents is 1. The quantitative estimate of drug-likeness (QED) is 0.304. The topological polar surface area (TPSA) is 134 Å². The van der Waals surface area contributed by atoms with E-state index in [4.69, 9.17) is 9.47 Å². The fraction of sp³-hybridized carbons (Fsp3) is 0.529. The number of carbonyl (C=O) groups excluding carboxylic acids is 4. The number of rotatable bonds is 11. The molecule has 3 N–H and O–H groups in total. The molecule has 1 aliphatic carbocycles. The second-order valence-corrected chi connectivity index (χ2v) is 13.6. The maximum absolute atomic E-state index is 14.3. The highest BCUT2D eigenvalue weighted by Gasteiger charge is 2.46. The van der Waals surface area contributed by atoms with E-state index < -0.39 is 53.2 Å². The summed E-state index contributed by atoms with van der Waals surface area (Å²) in [6.45, 7) is 14.0. The predicted molar refractivity (Wildman–Crippen MR) is 167 cm³/mol. The normalized spacial score (nSPS) is 15.5. The lowest BCUT2D eigenvalue weighted by atomic mass is 9.97. The van der Waals surface area contributed by atoms with Crippen LogP contribution in [-0.2, 0) is 30.3 Å². The number of amides is 3. The SMILES string of the molecule is CC(C)C(NC(=O)OC(C)(C)C)C(=O)N(C1CC1)C(C(=O)NC(Cc1ccccc1)C(=O)OC(C)(C)C)c1ccccc1O. The number of esters is 1. The molecule has 1 aliphatic rings. The standard InChI is InChI=1S/C34H47N3O7/c1-21(2)27(36-32(42)44-34(6,7)8)30(40)37(23-18-19-23)28(24-16-12-13-17-26(24)38)29(39)35-25(31(41)43-33(3,4)5)20-22-14-10-9-11-15-22/h9-17,21,23,25,27-28,38H,18-20H2,1-8H3,(H,35,39)(H,36,42). The van der Waals surface area contributed by atoms with Crippen molar-refractivity contribution in [2.24, 2.45) is 5.92 Å². The Balaban J connectivity index is 2.03. The van der Waals surface area contributed by atoms with Gasteiger partial charge < -0.3 is 30.1 Å². The van der Waals surface area contributed by atoms with E-state index in [0.29, 0.717) is 12.8 Å². The summed E-state index contributed by atoms with van der Waals surface area (Å²) in [4.78, 5) is 56.2. The van der Waals surface area contributed by atoms with Crippen LogP contribution in [0.5, 0.6) is 5.75 Å². The van der Waals surface area contributed by atoms with E-state index in [1.54, 1.807) is 73.6 Å². The molecule has 0 spiro atoms. The van der Waals surface area contributed by atoms with Crippen molar-refractivity contribution in [1.29, 1.82) is 0 Å². The molecule has 10 heteroatoms. The number of hydrogen-bond acceptors (Lipinski definition) is 7. The first-order valence-electron chi connectivity index (χ1n) is 15.1. The monoisotopic (exact) mass is 609 g/mol. The van der Waals surface area contributed by atoms with Crippen molar-refractivity contribution in [3.63, 3.8) is 0 Å². The molecule has 1 saturated carbocycles. The summed E-state index contributed by atoms with van der Waals surface area (Å²) in [6.07, 6.45) is 0.678. The van der Waals surface area contributed by atoms with Crippen LogP contribution in [0.3, 0.4) is 0 Å². The molecule has 2 aromatic carbocycles. The van der Waals surface area contributed by atoms with Gasteiger partial charge in [-0.2, -0.15) is 0 Å². The van der Waals surface area contributed by atoms with Gasteiger partial charge in [-0.1, -0.05) is 62.4 Å². The molecule has 3 rings (SSSR count). The van der Waals surface area contributed by atoms with E-state index in [0.717, 1.165) is 5.56 Å². The molecule has 2 aromatic rings. The minimum Gasteiger partial charge on any atom is -0.508 e.